The van der Waals surface area contributed by atoms with Crippen molar-refractivity contribution in [2.75, 3.05) is 13.1 Å². The maximum Gasteiger partial charge on any atom is 0.272 e. The van der Waals surface area contributed by atoms with Crippen molar-refractivity contribution >= 4 is 5.91 Å². The first kappa shape index (κ1) is 13.6. The molecule has 2 aromatic heterocycles. The highest BCUT2D eigenvalue weighted by molar-refractivity contribution is 5.92. The molecule has 0 bridgehead atoms. The molecule has 6 heteroatoms. The van der Waals surface area contributed by atoms with Gasteiger partial charge in [0.2, 0.25) is 0 Å². The second-order valence-corrected chi connectivity index (χ2v) is 5.05. The average molecular weight is 284 g/mol. The minimum absolute atomic E-state index is 0.161. The van der Waals surface area contributed by atoms with Crippen LogP contribution in [-0.2, 0) is 0 Å². The number of likely N-dealkylation sites (tertiary alicyclic amines) is 1. The van der Waals surface area contributed by atoms with Gasteiger partial charge >= 0.3 is 0 Å². The minimum Gasteiger partial charge on any atom is -0.391 e. The van der Waals surface area contributed by atoms with Gasteiger partial charge in [-0.15, -0.1) is 0 Å². The second kappa shape index (κ2) is 5.97. The number of amides is 1. The molecule has 1 saturated heterocycles. The molecule has 0 aliphatic carbocycles. The first-order chi connectivity index (χ1) is 10.2. The molecular weight excluding hydrogens is 268 g/mol. The Balaban J connectivity index is 1.84. The van der Waals surface area contributed by atoms with Crippen LogP contribution >= 0.6 is 0 Å². The number of aromatic nitrogens is 3. The quantitative estimate of drug-likeness (QED) is 0.894. The highest BCUT2D eigenvalue weighted by atomic mass is 16.3. The topological polar surface area (TPSA) is 79.2 Å². The van der Waals surface area contributed by atoms with E-state index in [0.717, 1.165) is 18.4 Å². The van der Waals surface area contributed by atoms with Crippen LogP contribution in [0.1, 0.15) is 23.3 Å². The molecule has 1 fully saturated rings. The summed E-state index contributed by atoms with van der Waals surface area (Å²) in [5.41, 5.74) is 1.17. The fourth-order valence-electron chi connectivity index (χ4n) is 2.42. The summed E-state index contributed by atoms with van der Waals surface area (Å²) in [5, 5.41) is 9.67. The Morgan fingerprint density at radius 1 is 1.24 bits per heavy atom. The van der Waals surface area contributed by atoms with Gasteiger partial charge in [-0.05, 0) is 31.0 Å². The summed E-state index contributed by atoms with van der Waals surface area (Å²) < 4.78 is 0. The molecule has 0 saturated carbocycles. The van der Waals surface area contributed by atoms with E-state index in [4.69, 9.17) is 0 Å². The number of carbonyl (C=O) groups excluding carboxylic acids is 1. The van der Waals surface area contributed by atoms with Crippen LogP contribution in [0.4, 0.5) is 0 Å². The third-order valence-corrected chi connectivity index (χ3v) is 3.50. The molecule has 108 valence electrons. The fraction of sp³-hybridized carbons (Fsp3) is 0.333. The smallest absolute Gasteiger partial charge is 0.272 e. The number of rotatable bonds is 2. The lowest BCUT2D eigenvalue weighted by molar-refractivity contribution is 0.0469. The number of nitrogens with zero attached hydrogens (tertiary/aromatic N) is 4. The Morgan fingerprint density at radius 3 is 2.81 bits per heavy atom. The Bertz CT molecular complexity index is 633. The summed E-state index contributed by atoms with van der Waals surface area (Å²) >= 11 is 0. The SMILES string of the molecule is O=C(c1ccnc(-c2ccncc2)n1)N1CCCC(O)C1. The maximum absolute atomic E-state index is 12.4. The van der Waals surface area contributed by atoms with Crippen molar-refractivity contribution in [3.8, 4) is 11.4 Å². The van der Waals surface area contributed by atoms with Crippen LogP contribution in [0.2, 0.25) is 0 Å². The molecular formula is C15H16N4O2. The number of β-amino-alcohol motifs (C(OH)–C–C–N with tert-alkyl or cyclic N) is 1. The van der Waals surface area contributed by atoms with Gasteiger partial charge in [-0.3, -0.25) is 9.78 Å². The highest BCUT2D eigenvalue weighted by Gasteiger charge is 2.24. The molecule has 1 unspecified atom stereocenters. The van der Waals surface area contributed by atoms with Gasteiger partial charge in [0.15, 0.2) is 5.82 Å². The van der Waals surface area contributed by atoms with Gasteiger partial charge in [-0.2, -0.15) is 0 Å². The summed E-state index contributed by atoms with van der Waals surface area (Å²) in [6.07, 6.45) is 6.02. The van der Waals surface area contributed by atoms with E-state index in [0.29, 0.717) is 24.6 Å². The molecule has 1 N–H and O–H groups in total. The third-order valence-electron chi connectivity index (χ3n) is 3.50. The van der Waals surface area contributed by atoms with Gasteiger partial charge in [0.05, 0.1) is 6.10 Å². The number of pyridine rings is 1. The molecule has 21 heavy (non-hydrogen) atoms. The first-order valence-electron chi connectivity index (χ1n) is 6.95. The van der Waals surface area contributed by atoms with Gasteiger partial charge in [0.25, 0.3) is 5.91 Å². The van der Waals surface area contributed by atoms with Crippen molar-refractivity contribution in [3.63, 3.8) is 0 Å². The molecule has 1 aliphatic heterocycles. The van der Waals surface area contributed by atoms with Crippen molar-refractivity contribution < 1.29 is 9.90 Å². The van der Waals surface area contributed by atoms with Gasteiger partial charge < -0.3 is 10.0 Å². The lowest BCUT2D eigenvalue weighted by atomic mass is 10.1. The zero-order valence-electron chi connectivity index (χ0n) is 11.5. The van der Waals surface area contributed by atoms with Crippen molar-refractivity contribution in [1.29, 1.82) is 0 Å². The predicted molar refractivity (Wildman–Crippen MR) is 76.4 cm³/mol. The normalized spacial score (nSPS) is 18.5. The Hall–Kier alpha value is -2.34. The lowest BCUT2D eigenvalue weighted by Gasteiger charge is -2.29. The van der Waals surface area contributed by atoms with Crippen LogP contribution in [0.25, 0.3) is 11.4 Å². The van der Waals surface area contributed by atoms with Gasteiger partial charge in [-0.1, -0.05) is 0 Å². The molecule has 1 atom stereocenters. The third kappa shape index (κ3) is 3.05. The highest BCUT2D eigenvalue weighted by Crippen LogP contribution is 2.16. The van der Waals surface area contributed by atoms with E-state index in [1.54, 1.807) is 41.7 Å². The first-order valence-corrected chi connectivity index (χ1v) is 6.95. The zero-order chi connectivity index (χ0) is 14.7. The van der Waals surface area contributed by atoms with Crippen LogP contribution in [0.3, 0.4) is 0 Å². The molecule has 0 spiro atoms. The number of piperidine rings is 1. The number of aliphatic hydroxyl groups excluding tert-OH is 1. The predicted octanol–water partition coefficient (Wildman–Crippen LogP) is 1.14. The average Bonchev–Trinajstić information content (AvgIpc) is 2.55. The van der Waals surface area contributed by atoms with E-state index in [-0.39, 0.29) is 5.91 Å². The molecule has 0 aromatic carbocycles. The molecule has 0 radical (unpaired) electrons. The van der Waals surface area contributed by atoms with Crippen LogP contribution in [-0.4, -0.2) is 50.1 Å². The van der Waals surface area contributed by atoms with Crippen molar-refractivity contribution in [2.24, 2.45) is 0 Å². The summed E-state index contributed by atoms with van der Waals surface area (Å²) in [5.74, 6) is 0.340. The minimum atomic E-state index is -0.441. The monoisotopic (exact) mass is 284 g/mol. The summed E-state index contributed by atoms with van der Waals surface area (Å²) in [4.78, 5) is 26.6. The molecule has 3 heterocycles. The van der Waals surface area contributed by atoms with Crippen molar-refractivity contribution in [2.45, 2.75) is 18.9 Å². The number of aliphatic hydroxyl groups is 1. The largest absolute Gasteiger partial charge is 0.391 e. The Morgan fingerprint density at radius 2 is 2.05 bits per heavy atom. The molecule has 1 amide bonds. The summed E-state index contributed by atoms with van der Waals surface area (Å²) in [7, 11) is 0. The van der Waals surface area contributed by atoms with Gasteiger partial charge in [-0.25, -0.2) is 9.97 Å². The van der Waals surface area contributed by atoms with Crippen molar-refractivity contribution in [1.82, 2.24) is 19.9 Å². The number of carbonyl (C=O) groups is 1. The van der Waals surface area contributed by atoms with Crippen LogP contribution in [0.5, 0.6) is 0 Å². The van der Waals surface area contributed by atoms with Crippen molar-refractivity contribution in [3.05, 3.63) is 42.5 Å². The zero-order valence-corrected chi connectivity index (χ0v) is 11.5. The Kier molecular flexibility index (Phi) is 3.87. The van der Waals surface area contributed by atoms with Gasteiger partial charge in [0, 0.05) is 37.2 Å². The van der Waals surface area contributed by atoms with E-state index in [2.05, 4.69) is 15.0 Å². The van der Waals surface area contributed by atoms with Crippen LogP contribution in [0, 0.1) is 0 Å². The summed E-state index contributed by atoms with van der Waals surface area (Å²) in [6, 6.07) is 5.20. The standard InChI is InChI=1S/C15H16N4O2/c20-12-2-1-9-19(10-12)15(21)13-5-8-17-14(18-13)11-3-6-16-7-4-11/h3-8,12,20H,1-2,9-10H2. The second-order valence-electron chi connectivity index (χ2n) is 5.05. The van der Waals surface area contributed by atoms with E-state index in [1.807, 2.05) is 0 Å². The van der Waals surface area contributed by atoms with E-state index < -0.39 is 6.10 Å². The Labute approximate surface area is 122 Å². The summed E-state index contributed by atoms with van der Waals surface area (Å²) in [6.45, 7) is 1.03. The molecule has 3 rings (SSSR count). The molecule has 1 aliphatic rings. The van der Waals surface area contributed by atoms with Gasteiger partial charge in [0.1, 0.15) is 5.69 Å². The molecule has 2 aromatic rings. The number of hydrogen-bond donors (Lipinski definition) is 1. The van der Waals surface area contributed by atoms with E-state index in [1.165, 1.54) is 0 Å². The maximum atomic E-state index is 12.4. The van der Waals surface area contributed by atoms with E-state index >= 15 is 0 Å². The number of hydrogen-bond acceptors (Lipinski definition) is 5. The molecule has 6 nitrogen and oxygen atoms in total. The van der Waals surface area contributed by atoms with Crippen LogP contribution in [0.15, 0.2) is 36.8 Å². The lowest BCUT2D eigenvalue weighted by Crippen LogP contribution is -2.42. The fourth-order valence-corrected chi connectivity index (χ4v) is 2.42. The van der Waals surface area contributed by atoms with Crippen LogP contribution < -0.4 is 0 Å². The van der Waals surface area contributed by atoms with E-state index in [9.17, 15) is 9.90 Å².